The Balaban J connectivity index is 1.51. The van der Waals surface area contributed by atoms with Gasteiger partial charge in [-0.05, 0) is 31.7 Å². The molecule has 1 saturated heterocycles. The highest BCUT2D eigenvalue weighted by Gasteiger charge is 2.58. The van der Waals surface area contributed by atoms with Crippen LogP contribution in [0.1, 0.15) is 55.8 Å². The SMILES string of the molecule is CN1CCNCC1c1noc(C2CC23CCCC3)n1. The van der Waals surface area contributed by atoms with Gasteiger partial charge in [-0.25, -0.2) is 0 Å². The number of nitrogens with one attached hydrogen (secondary N) is 1. The van der Waals surface area contributed by atoms with Crippen molar-refractivity contribution in [3.8, 4) is 0 Å². The summed E-state index contributed by atoms with van der Waals surface area (Å²) in [6, 6.07) is 0.268. The van der Waals surface area contributed by atoms with Gasteiger partial charge in [-0.15, -0.1) is 0 Å². The number of nitrogens with zero attached hydrogens (tertiary/aromatic N) is 3. The molecule has 5 nitrogen and oxygen atoms in total. The lowest BCUT2D eigenvalue weighted by molar-refractivity contribution is 0.190. The second-order valence-corrected chi connectivity index (χ2v) is 6.52. The van der Waals surface area contributed by atoms with Crippen LogP contribution < -0.4 is 5.32 Å². The fraction of sp³-hybridized carbons (Fsp3) is 0.857. The number of hydrogen-bond donors (Lipinski definition) is 1. The molecule has 2 unspecified atom stereocenters. The fourth-order valence-corrected chi connectivity index (χ4v) is 3.95. The topological polar surface area (TPSA) is 54.2 Å². The Bertz CT molecular complexity index is 466. The second-order valence-electron chi connectivity index (χ2n) is 6.52. The molecular weight excluding hydrogens is 240 g/mol. The molecule has 0 aromatic carbocycles. The summed E-state index contributed by atoms with van der Waals surface area (Å²) in [6.45, 7) is 3.01. The molecule has 3 fully saturated rings. The summed E-state index contributed by atoms with van der Waals surface area (Å²) in [6.07, 6.45) is 6.76. The molecule has 1 spiro atoms. The lowest BCUT2D eigenvalue weighted by atomic mass is 10.0. The molecule has 2 atom stereocenters. The van der Waals surface area contributed by atoms with Crippen LogP contribution in [-0.2, 0) is 0 Å². The summed E-state index contributed by atoms with van der Waals surface area (Å²) in [7, 11) is 2.14. The maximum Gasteiger partial charge on any atom is 0.230 e. The first-order valence-corrected chi connectivity index (χ1v) is 7.53. The van der Waals surface area contributed by atoms with Gasteiger partial charge < -0.3 is 9.84 Å². The molecule has 2 saturated carbocycles. The third kappa shape index (κ3) is 1.91. The first-order valence-electron chi connectivity index (χ1n) is 7.53. The zero-order valence-electron chi connectivity index (χ0n) is 11.6. The Morgan fingerprint density at radius 1 is 1.37 bits per heavy atom. The van der Waals surface area contributed by atoms with Crippen molar-refractivity contribution < 1.29 is 4.52 Å². The van der Waals surface area contributed by atoms with Crippen molar-refractivity contribution in [2.75, 3.05) is 26.7 Å². The molecule has 1 aromatic heterocycles. The first kappa shape index (κ1) is 11.9. The number of hydrogen-bond acceptors (Lipinski definition) is 5. The van der Waals surface area contributed by atoms with Crippen LogP contribution in [0.15, 0.2) is 4.52 Å². The molecule has 3 aliphatic rings. The summed E-state index contributed by atoms with van der Waals surface area (Å²) in [5.41, 5.74) is 0.542. The van der Waals surface area contributed by atoms with E-state index in [4.69, 9.17) is 9.51 Å². The minimum atomic E-state index is 0.268. The van der Waals surface area contributed by atoms with Crippen molar-refractivity contribution in [3.05, 3.63) is 11.7 Å². The summed E-state index contributed by atoms with van der Waals surface area (Å²) in [4.78, 5) is 7.01. The van der Waals surface area contributed by atoms with Gasteiger partial charge in [0.25, 0.3) is 0 Å². The molecule has 4 rings (SSSR count). The maximum absolute atomic E-state index is 5.56. The summed E-state index contributed by atoms with van der Waals surface area (Å²) in [5, 5.41) is 7.64. The first-order chi connectivity index (χ1) is 9.28. The van der Waals surface area contributed by atoms with E-state index in [1.54, 1.807) is 0 Å². The number of rotatable bonds is 2. The van der Waals surface area contributed by atoms with Crippen LogP contribution in [0, 0.1) is 5.41 Å². The van der Waals surface area contributed by atoms with Gasteiger partial charge >= 0.3 is 0 Å². The zero-order chi connectivity index (χ0) is 12.9. The second kappa shape index (κ2) is 4.28. The maximum atomic E-state index is 5.56. The Morgan fingerprint density at radius 3 is 3.00 bits per heavy atom. The van der Waals surface area contributed by atoms with Crippen molar-refractivity contribution in [1.82, 2.24) is 20.4 Å². The lowest BCUT2D eigenvalue weighted by Gasteiger charge is -2.30. The van der Waals surface area contributed by atoms with E-state index in [9.17, 15) is 0 Å². The molecule has 0 radical (unpaired) electrons. The van der Waals surface area contributed by atoms with Crippen molar-refractivity contribution in [3.63, 3.8) is 0 Å². The van der Waals surface area contributed by atoms with E-state index in [1.165, 1.54) is 32.1 Å². The van der Waals surface area contributed by atoms with Gasteiger partial charge in [0.15, 0.2) is 5.82 Å². The van der Waals surface area contributed by atoms with Crippen LogP contribution >= 0.6 is 0 Å². The highest BCUT2D eigenvalue weighted by atomic mass is 16.5. The number of piperazine rings is 1. The molecule has 1 N–H and O–H groups in total. The molecular formula is C14H22N4O. The summed E-state index contributed by atoms with van der Waals surface area (Å²) >= 11 is 0. The predicted molar refractivity (Wildman–Crippen MR) is 70.8 cm³/mol. The highest BCUT2D eigenvalue weighted by molar-refractivity contribution is 5.18. The van der Waals surface area contributed by atoms with E-state index in [2.05, 4.69) is 22.4 Å². The van der Waals surface area contributed by atoms with Crippen LogP contribution in [0.4, 0.5) is 0 Å². The molecule has 1 aromatic rings. The van der Waals surface area contributed by atoms with Crippen LogP contribution in [0.2, 0.25) is 0 Å². The molecule has 2 aliphatic carbocycles. The molecule has 0 amide bonds. The van der Waals surface area contributed by atoms with E-state index in [0.29, 0.717) is 11.3 Å². The van der Waals surface area contributed by atoms with Crippen molar-refractivity contribution in [2.45, 2.75) is 44.1 Å². The van der Waals surface area contributed by atoms with Crippen LogP contribution in [-0.4, -0.2) is 41.7 Å². The predicted octanol–water partition coefficient (Wildman–Crippen LogP) is 1.69. The molecule has 2 heterocycles. The summed E-state index contributed by atoms with van der Waals surface area (Å²) < 4.78 is 5.56. The average molecular weight is 262 g/mol. The Labute approximate surface area is 113 Å². The van der Waals surface area contributed by atoms with Gasteiger partial charge in [-0.3, -0.25) is 4.90 Å². The fourth-order valence-electron chi connectivity index (χ4n) is 3.95. The smallest absolute Gasteiger partial charge is 0.230 e. The van der Waals surface area contributed by atoms with E-state index in [-0.39, 0.29) is 6.04 Å². The van der Waals surface area contributed by atoms with E-state index >= 15 is 0 Å². The van der Waals surface area contributed by atoms with Gasteiger partial charge in [0, 0.05) is 25.6 Å². The quantitative estimate of drug-likeness (QED) is 0.879. The van der Waals surface area contributed by atoms with Crippen molar-refractivity contribution in [2.24, 2.45) is 5.41 Å². The molecule has 104 valence electrons. The van der Waals surface area contributed by atoms with Crippen LogP contribution in [0.3, 0.4) is 0 Å². The Morgan fingerprint density at radius 2 is 2.21 bits per heavy atom. The molecule has 19 heavy (non-hydrogen) atoms. The monoisotopic (exact) mass is 262 g/mol. The summed E-state index contributed by atoms with van der Waals surface area (Å²) in [5.74, 6) is 2.32. The standard InChI is InChI=1S/C14H22N4O/c1-18-7-6-15-9-11(18)12-16-13(19-17-12)10-8-14(10)4-2-3-5-14/h10-11,15H,2-9H2,1H3. The minimum absolute atomic E-state index is 0.268. The molecule has 1 aliphatic heterocycles. The van der Waals surface area contributed by atoms with Crippen molar-refractivity contribution in [1.29, 1.82) is 0 Å². The van der Waals surface area contributed by atoms with Gasteiger partial charge in [-0.2, -0.15) is 4.98 Å². The molecule has 0 bridgehead atoms. The minimum Gasteiger partial charge on any atom is -0.339 e. The lowest BCUT2D eigenvalue weighted by Crippen LogP contribution is -2.44. The van der Waals surface area contributed by atoms with E-state index in [0.717, 1.165) is 31.3 Å². The average Bonchev–Trinajstić information content (AvgIpc) is 2.81. The van der Waals surface area contributed by atoms with Crippen LogP contribution in [0.5, 0.6) is 0 Å². The molecule has 5 heteroatoms. The van der Waals surface area contributed by atoms with Gasteiger partial charge in [0.05, 0.1) is 6.04 Å². The van der Waals surface area contributed by atoms with Gasteiger partial charge in [-0.1, -0.05) is 18.0 Å². The normalized spacial score (nSPS) is 33.9. The number of likely N-dealkylation sites (N-methyl/N-ethyl adjacent to an activating group) is 1. The van der Waals surface area contributed by atoms with Crippen LogP contribution in [0.25, 0.3) is 0 Å². The van der Waals surface area contributed by atoms with Crippen molar-refractivity contribution >= 4 is 0 Å². The van der Waals surface area contributed by atoms with E-state index < -0.39 is 0 Å². The van der Waals surface area contributed by atoms with Gasteiger partial charge in [0.1, 0.15) is 0 Å². The third-order valence-electron chi connectivity index (χ3n) is 5.35. The largest absolute Gasteiger partial charge is 0.339 e. The third-order valence-corrected chi connectivity index (χ3v) is 5.35. The Kier molecular flexibility index (Phi) is 2.67. The number of aromatic nitrogens is 2. The van der Waals surface area contributed by atoms with Gasteiger partial charge in [0.2, 0.25) is 5.89 Å². The highest BCUT2D eigenvalue weighted by Crippen LogP contribution is 2.67. The zero-order valence-corrected chi connectivity index (χ0v) is 11.6. The Hall–Kier alpha value is -0.940. The van der Waals surface area contributed by atoms with E-state index in [1.807, 2.05) is 0 Å².